The smallest absolute Gasteiger partial charge is 0.460 e. The van der Waals surface area contributed by atoms with Crippen molar-refractivity contribution in [2.75, 3.05) is 0 Å². The van der Waals surface area contributed by atoms with Gasteiger partial charge in [-0.2, -0.15) is 0 Å². The second-order valence-corrected chi connectivity index (χ2v) is 15.4. The molecule has 1 aromatic heterocycles. The number of benzene rings is 1. The van der Waals surface area contributed by atoms with Gasteiger partial charge in [-0.3, -0.25) is 9.59 Å². The predicted octanol–water partition coefficient (Wildman–Crippen LogP) is 4.56. The van der Waals surface area contributed by atoms with Gasteiger partial charge in [0.25, 0.3) is 0 Å². The summed E-state index contributed by atoms with van der Waals surface area (Å²) in [4.78, 5) is 38.1. The van der Waals surface area contributed by atoms with Gasteiger partial charge >= 0.3 is 6.16 Å². The van der Waals surface area contributed by atoms with E-state index in [2.05, 4.69) is 26.6 Å². The van der Waals surface area contributed by atoms with Gasteiger partial charge in [0.1, 0.15) is 6.10 Å². The largest absolute Gasteiger partial charge is 0.509 e. The minimum Gasteiger partial charge on any atom is -0.460 e. The molecule has 0 N–H and O–H groups in total. The molecule has 0 unspecified atom stereocenters. The zero-order chi connectivity index (χ0) is 21.2. The molecule has 3 aliphatic carbocycles. The van der Waals surface area contributed by atoms with Gasteiger partial charge in [-0.15, -0.1) is 0 Å². The predicted molar refractivity (Wildman–Crippen MR) is 109 cm³/mol. The molecule has 1 saturated heterocycles. The Hall–Kier alpha value is -2.67. The zero-order valence-electron chi connectivity index (χ0n) is 17.3. The number of rotatable bonds is 1. The lowest BCUT2D eigenvalue weighted by atomic mass is 9.60. The molecule has 1 aromatic carbocycles. The van der Waals surface area contributed by atoms with Crippen LogP contribution in [0, 0.1) is 0 Å². The first-order valence-electron chi connectivity index (χ1n) is 10.4. The van der Waals surface area contributed by atoms with E-state index in [4.69, 9.17) is 13.9 Å². The van der Waals surface area contributed by atoms with E-state index >= 15 is 0 Å². The second kappa shape index (κ2) is 5.32. The van der Waals surface area contributed by atoms with Crippen LogP contribution in [0.2, 0.25) is 25.2 Å². The molecule has 4 atom stereocenters. The number of fused-ring (bicyclic) bond motifs is 6. The van der Waals surface area contributed by atoms with E-state index in [1.54, 1.807) is 6.26 Å². The molecule has 154 valence electrons. The molecule has 1 fully saturated rings. The van der Waals surface area contributed by atoms with Gasteiger partial charge < -0.3 is 13.9 Å². The summed E-state index contributed by atoms with van der Waals surface area (Å²) >= 11 is 0. The van der Waals surface area contributed by atoms with Gasteiger partial charge in [-0.05, 0) is 17.5 Å². The zero-order valence-corrected chi connectivity index (χ0v) is 18.3. The molecule has 1 aliphatic heterocycles. The van der Waals surface area contributed by atoms with Crippen molar-refractivity contribution in [3.8, 4) is 0 Å². The minimum absolute atomic E-state index is 0.0210. The quantitative estimate of drug-likeness (QED) is 0.495. The molecule has 4 aliphatic rings. The Labute approximate surface area is 174 Å². The Kier molecular flexibility index (Phi) is 3.22. The van der Waals surface area contributed by atoms with Crippen LogP contribution in [0.15, 0.2) is 22.8 Å². The lowest BCUT2D eigenvalue weighted by Crippen LogP contribution is -2.55. The highest BCUT2D eigenvalue weighted by atomic mass is 28.3. The molecule has 0 spiro atoms. The number of hydrogen-bond donors (Lipinski definition) is 0. The van der Waals surface area contributed by atoms with Crippen LogP contribution in [0.1, 0.15) is 68.2 Å². The molecule has 7 heteroatoms. The summed E-state index contributed by atoms with van der Waals surface area (Å²) in [5.41, 5.74) is 3.99. The summed E-state index contributed by atoms with van der Waals surface area (Å²) in [6, 6.07) is 3.82. The fraction of sp³-hybridized carbons (Fsp3) is 0.435. The summed E-state index contributed by atoms with van der Waals surface area (Å²) in [7, 11) is -1.97. The first-order valence-corrected chi connectivity index (χ1v) is 13.9. The Morgan fingerprint density at radius 1 is 1.07 bits per heavy atom. The summed E-state index contributed by atoms with van der Waals surface area (Å²) in [5.74, 6) is 0.228. The van der Waals surface area contributed by atoms with Crippen LogP contribution in [0.5, 0.6) is 0 Å². The third-order valence-corrected chi connectivity index (χ3v) is 10.3. The normalized spacial score (nSPS) is 30.9. The van der Waals surface area contributed by atoms with Gasteiger partial charge in [0.05, 0.1) is 14.3 Å². The van der Waals surface area contributed by atoms with Crippen LogP contribution in [0.3, 0.4) is 0 Å². The van der Waals surface area contributed by atoms with Crippen molar-refractivity contribution in [3.63, 3.8) is 0 Å². The van der Waals surface area contributed by atoms with Gasteiger partial charge in [0, 0.05) is 39.6 Å². The molecule has 0 bridgehead atoms. The Bertz CT molecular complexity index is 1190. The lowest BCUT2D eigenvalue weighted by molar-refractivity contribution is 0.0951. The van der Waals surface area contributed by atoms with Crippen molar-refractivity contribution >= 4 is 25.8 Å². The molecule has 0 amide bonds. The highest BCUT2D eigenvalue weighted by Crippen LogP contribution is 2.63. The summed E-state index contributed by atoms with van der Waals surface area (Å²) in [5, 5.41) is 0. The van der Waals surface area contributed by atoms with Crippen molar-refractivity contribution in [2.45, 2.75) is 62.6 Å². The van der Waals surface area contributed by atoms with Crippen LogP contribution < -0.4 is 0 Å². The minimum atomic E-state index is -1.97. The lowest BCUT2D eigenvalue weighted by Gasteiger charge is -2.52. The summed E-state index contributed by atoms with van der Waals surface area (Å²) in [6.07, 6.45) is 0.904. The molecule has 2 heterocycles. The van der Waals surface area contributed by atoms with Crippen molar-refractivity contribution < 1.29 is 28.3 Å². The van der Waals surface area contributed by atoms with Gasteiger partial charge in [-0.25, -0.2) is 4.79 Å². The number of carbonyl (C=O) groups is 3. The molecule has 0 saturated carbocycles. The molecule has 2 aromatic rings. The third kappa shape index (κ3) is 1.92. The van der Waals surface area contributed by atoms with E-state index in [1.165, 1.54) is 0 Å². The monoisotopic (exact) mass is 422 g/mol. The standard InChI is InChI=1S/C23H22O6Si/c1-23-13-7-5-10-11(6-8-14(10)24)15(13)17(25)19-16(23)12(9-27-19)18-20(29-22(26)28-18)21(23)30(2,3)4/h5,7,9,18,20-21H,6,8H2,1-4H3/t18-,20-,21+,23-/m1/s1. The Morgan fingerprint density at radius 3 is 2.57 bits per heavy atom. The first kappa shape index (κ1) is 18.1. The number of ether oxygens (including phenoxy) is 2. The van der Waals surface area contributed by atoms with Gasteiger partial charge in [0.2, 0.25) is 5.78 Å². The Morgan fingerprint density at radius 2 is 1.83 bits per heavy atom. The third-order valence-electron chi connectivity index (χ3n) is 7.49. The van der Waals surface area contributed by atoms with E-state index < -0.39 is 31.9 Å². The molecule has 0 radical (unpaired) electrons. The van der Waals surface area contributed by atoms with E-state index in [0.717, 1.165) is 22.3 Å². The van der Waals surface area contributed by atoms with Crippen LogP contribution in [0.4, 0.5) is 4.79 Å². The van der Waals surface area contributed by atoms with Crippen molar-refractivity contribution in [3.05, 3.63) is 57.5 Å². The van der Waals surface area contributed by atoms with Crippen molar-refractivity contribution in [2.24, 2.45) is 0 Å². The average molecular weight is 423 g/mol. The number of Topliss-reactive ketones (excluding diaryl/α,β-unsaturated/α-hetero) is 1. The highest BCUT2D eigenvalue weighted by molar-refractivity contribution is 6.78. The first-order chi connectivity index (χ1) is 14.1. The average Bonchev–Trinajstić information content (AvgIpc) is 3.35. The van der Waals surface area contributed by atoms with Crippen LogP contribution in [-0.2, 0) is 21.3 Å². The van der Waals surface area contributed by atoms with Gasteiger partial charge in [-0.1, -0.05) is 38.7 Å². The molecule has 6 nitrogen and oxygen atoms in total. The van der Waals surface area contributed by atoms with Gasteiger partial charge in [0.15, 0.2) is 17.6 Å². The molecule has 30 heavy (non-hydrogen) atoms. The van der Waals surface area contributed by atoms with E-state index in [-0.39, 0.29) is 17.1 Å². The fourth-order valence-corrected chi connectivity index (χ4v) is 9.89. The number of hydrogen-bond acceptors (Lipinski definition) is 6. The number of ketones is 2. The maximum atomic E-state index is 13.6. The second-order valence-electron chi connectivity index (χ2n) is 10.1. The maximum absolute atomic E-state index is 13.6. The van der Waals surface area contributed by atoms with E-state index in [9.17, 15) is 14.4 Å². The molecular weight excluding hydrogens is 400 g/mol. The fourth-order valence-electron chi connectivity index (χ4n) is 6.63. The summed E-state index contributed by atoms with van der Waals surface area (Å²) in [6.45, 7) is 8.90. The Balaban J connectivity index is 1.72. The number of furan rings is 1. The molecule has 6 rings (SSSR count). The number of carbonyl (C=O) groups excluding carboxylic acids is 3. The molecular formula is C23H22O6Si. The van der Waals surface area contributed by atoms with E-state index in [1.807, 2.05) is 12.1 Å². The highest BCUT2D eigenvalue weighted by Gasteiger charge is 2.64. The van der Waals surface area contributed by atoms with Crippen LogP contribution in [-0.4, -0.2) is 31.9 Å². The maximum Gasteiger partial charge on any atom is 0.509 e. The van der Waals surface area contributed by atoms with Crippen molar-refractivity contribution in [1.82, 2.24) is 0 Å². The van der Waals surface area contributed by atoms with E-state index in [0.29, 0.717) is 29.7 Å². The van der Waals surface area contributed by atoms with Crippen LogP contribution in [0.25, 0.3) is 0 Å². The topological polar surface area (TPSA) is 82.8 Å². The SMILES string of the molecule is C[C@@]12c3ccc4c(c3C(=O)c3occ(c31)[C@H]1OC(=O)O[C@H]1[C@@H]2[Si](C)(C)C)CCC4=O. The van der Waals surface area contributed by atoms with Crippen molar-refractivity contribution in [1.29, 1.82) is 0 Å². The van der Waals surface area contributed by atoms with Crippen LogP contribution >= 0.6 is 0 Å². The summed E-state index contributed by atoms with van der Waals surface area (Å²) < 4.78 is 17.1.